The predicted octanol–water partition coefficient (Wildman–Crippen LogP) is 12.5. The maximum absolute atomic E-state index is 7.23. The molecule has 2 atom stereocenters. The lowest BCUT2D eigenvalue weighted by molar-refractivity contribution is 0.224. The molecule has 3 heterocycles. The van der Waals surface area contributed by atoms with Gasteiger partial charge in [-0.15, -0.1) is 0 Å². The Morgan fingerprint density at radius 2 is 1.00 bits per heavy atom. The van der Waals surface area contributed by atoms with Crippen molar-refractivity contribution in [2.45, 2.75) is 144 Å². The Labute approximate surface area is 271 Å². The summed E-state index contributed by atoms with van der Waals surface area (Å²) >= 11 is 0. The van der Waals surface area contributed by atoms with Crippen LogP contribution in [0.1, 0.15) is 186 Å². The number of hydrogen-bond donors (Lipinski definition) is 0. The molecule has 2 aliphatic heterocycles. The van der Waals surface area contributed by atoms with Crippen molar-refractivity contribution in [1.82, 2.24) is 0 Å². The molecule has 0 radical (unpaired) electrons. The van der Waals surface area contributed by atoms with Crippen molar-refractivity contribution < 1.29 is 13.9 Å². The fourth-order valence-electron chi connectivity index (χ4n) is 8.11. The van der Waals surface area contributed by atoms with Gasteiger partial charge in [-0.2, -0.15) is 0 Å². The zero-order chi connectivity index (χ0) is 32.5. The first-order valence-electron chi connectivity index (χ1n) is 17.5. The molecule has 240 valence electrons. The summed E-state index contributed by atoms with van der Waals surface area (Å²) in [5.41, 5.74) is 14.5. The molecule has 3 nitrogen and oxygen atoms in total. The van der Waals surface area contributed by atoms with Gasteiger partial charge in [0, 0.05) is 51.6 Å². The lowest BCUT2D eigenvalue weighted by atomic mass is 9.82. The van der Waals surface area contributed by atoms with Crippen molar-refractivity contribution in [3.63, 3.8) is 0 Å². The molecular formula is C42H54O3. The average molecular weight is 607 g/mol. The topological polar surface area (TPSA) is 31.6 Å². The van der Waals surface area contributed by atoms with Crippen LogP contribution in [-0.2, 0) is 12.8 Å². The minimum atomic E-state index is -0.0450. The lowest BCUT2D eigenvalue weighted by Crippen LogP contribution is -2.12. The molecule has 0 spiro atoms. The van der Waals surface area contributed by atoms with Gasteiger partial charge >= 0.3 is 0 Å². The number of ether oxygens (including phenoxy) is 2. The normalized spacial score (nSPS) is 17.8. The number of benzene rings is 3. The Bertz CT molecular complexity index is 1690. The maximum atomic E-state index is 7.23. The minimum absolute atomic E-state index is 0.0153. The summed E-state index contributed by atoms with van der Waals surface area (Å²) in [7, 11) is 0. The predicted molar refractivity (Wildman–Crippen MR) is 188 cm³/mol. The Morgan fingerprint density at radius 1 is 0.511 bits per heavy atom. The molecule has 0 saturated carbocycles. The van der Waals surface area contributed by atoms with Crippen LogP contribution in [0.25, 0.3) is 11.0 Å². The molecule has 0 aliphatic carbocycles. The molecule has 0 N–H and O–H groups in total. The molecule has 6 rings (SSSR count). The summed E-state index contributed by atoms with van der Waals surface area (Å²) in [6.45, 7) is 27.5. The molecule has 3 aromatic carbocycles. The van der Waals surface area contributed by atoms with E-state index in [2.05, 4.69) is 113 Å². The maximum Gasteiger partial charge on any atom is 0.137 e. The second kappa shape index (κ2) is 11.9. The molecule has 0 saturated heterocycles. The van der Waals surface area contributed by atoms with Gasteiger partial charge in [-0.25, -0.2) is 0 Å². The Balaban J connectivity index is 1.50. The van der Waals surface area contributed by atoms with Crippen molar-refractivity contribution >= 4 is 11.0 Å². The fraction of sp³-hybridized carbons (Fsp3) is 0.524. The van der Waals surface area contributed by atoms with Crippen molar-refractivity contribution in [2.75, 3.05) is 0 Å². The summed E-state index contributed by atoms with van der Waals surface area (Å²) in [6, 6.07) is 11.7. The summed E-state index contributed by atoms with van der Waals surface area (Å²) in [5.74, 6) is 4.49. The van der Waals surface area contributed by atoms with Crippen LogP contribution < -0.4 is 9.47 Å². The first-order valence-corrected chi connectivity index (χ1v) is 17.5. The molecule has 45 heavy (non-hydrogen) atoms. The zero-order valence-corrected chi connectivity index (χ0v) is 29.7. The quantitative estimate of drug-likeness (QED) is 0.200. The van der Waals surface area contributed by atoms with Crippen LogP contribution in [0.3, 0.4) is 0 Å². The number of furan rings is 1. The van der Waals surface area contributed by atoms with E-state index in [1.807, 2.05) is 6.26 Å². The van der Waals surface area contributed by atoms with Gasteiger partial charge in [-0.1, -0.05) is 107 Å². The van der Waals surface area contributed by atoms with Gasteiger partial charge in [-0.3, -0.25) is 0 Å². The summed E-state index contributed by atoms with van der Waals surface area (Å²) < 4.78 is 20.5. The third kappa shape index (κ3) is 5.29. The molecule has 0 fully saturated rings. The molecule has 4 aromatic rings. The highest BCUT2D eigenvalue weighted by Gasteiger charge is 2.39. The first kappa shape index (κ1) is 31.8. The third-order valence-corrected chi connectivity index (χ3v) is 10.3. The van der Waals surface area contributed by atoms with E-state index in [0.717, 1.165) is 29.9 Å². The van der Waals surface area contributed by atoms with E-state index in [0.29, 0.717) is 35.5 Å². The average Bonchev–Trinajstić information content (AvgIpc) is 3.72. The largest absolute Gasteiger partial charge is 0.485 e. The van der Waals surface area contributed by atoms with Gasteiger partial charge in [0.2, 0.25) is 0 Å². The van der Waals surface area contributed by atoms with E-state index >= 15 is 0 Å². The van der Waals surface area contributed by atoms with Crippen molar-refractivity contribution in [3.05, 3.63) is 92.2 Å². The number of fused-ring (bicyclic) bond motifs is 3. The summed E-state index contributed by atoms with van der Waals surface area (Å²) in [6.07, 6.45) is 3.58. The van der Waals surface area contributed by atoms with Crippen molar-refractivity contribution in [2.24, 2.45) is 0 Å². The monoisotopic (exact) mass is 606 g/mol. The first-order chi connectivity index (χ1) is 21.3. The highest BCUT2D eigenvalue weighted by atomic mass is 16.5. The van der Waals surface area contributed by atoms with Gasteiger partial charge in [0.1, 0.15) is 29.3 Å². The molecule has 0 amide bonds. The van der Waals surface area contributed by atoms with Gasteiger partial charge < -0.3 is 13.9 Å². The van der Waals surface area contributed by atoms with Gasteiger partial charge in [0.25, 0.3) is 0 Å². The van der Waals surface area contributed by atoms with E-state index in [9.17, 15) is 0 Å². The number of rotatable bonds is 8. The van der Waals surface area contributed by atoms with E-state index in [-0.39, 0.29) is 12.2 Å². The molecule has 2 unspecified atom stereocenters. The van der Waals surface area contributed by atoms with E-state index in [4.69, 9.17) is 13.9 Å². The van der Waals surface area contributed by atoms with E-state index in [1.54, 1.807) is 0 Å². The SMILES string of the molecule is CC(C)c1ccc(C(C)C)c2c1CC(c1cc(C(C)C)c3c(c1C(C)C)OC(c1cc(C(C)C)c4ccoc4c1C(C)C)C3)O2. The minimum Gasteiger partial charge on any atom is -0.485 e. The third-order valence-electron chi connectivity index (χ3n) is 10.3. The molecule has 1 aromatic heterocycles. The van der Waals surface area contributed by atoms with Gasteiger partial charge in [-0.05, 0) is 63.8 Å². The van der Waals surface area contributed by atoms with Gasteiger partial charge in [0.15, 0.2) is 0 Å². The van der Waals surface area contributed by atoms with Crippen LogP contribution in [0.2, 0.25) is 0 Å². The van der Waals surface area contributed by atoms with Gasteiger partial charge in [0.05, 0.1) is 6.26 Å². The van der Waals surface area contributed by atoms with Crippen LogP contribution >= 0.6 is 0 Å². The highest BCUT2D eigenvalue weighted by Crippen LogP contribution is 2.53. The van der Waals surface area contributed by atoms with E-state index in [1.165, 1.54) is 61.0 Å². The second-order valence-electron chi connectivity index (χ2n) is 15.5. The molecule has 2 aliphatic rings. The summed E-state index contributed by atoms with van der Waals surface area (Å²) in [5, 5.41) is 1.24. The fourth-order valence-corrected chi connectivity index (χ4v) is 8.11. The van der Waals surface area contributed by atoms with Crippen LogP contribution in [0.4, 0.5) is 0 Å². The lowest BCUT2D eigenvalue weighted by Gasteiger charge is -2.25. The summed E-state index contributed by atoms with van der Waals surface area (Å²) in [4.78, 5) is 0. The smallest absolute Gasteiger partial charge is 0.137 e. The number of hydrogen-bond acceptors (Lipinski definition) is 3. The van der Waals surface area contributed by atoms with Crippen LogP contribution in [0.5, 0.6) is 11.5 Å². The Kier molecular flexibility index (Phi) is 8.38. The van der Waals surface area contributed by atoms with Crippen LogP contribution in [-0.4, -0.2) is 0 Å². The molecule has 0 bridgehead atoms. The van der Waals surface area contributed by atoms with Crippen molar-refractivity contribution in [1.29, 1.82) is 0 Å². The second-order valence-corrected chi connectivity index (χ2v) is 15.5. The zero-order valence-electron chi connectivity index (χ0n) is 29.7. The standard InChI is InChI=1S/C42H54O3/c1-21(2)27-13-14-28(22(3)4)40-32(27)19-36(44-40)35-18-31(24(7)8)33-20-37(45-42(33)39(35)26(11)12)34-17-30(23(5)6)29-15-16-43-41(29)38(34)25(9)10/h13-18,21-26,36-37H,19-20H2,1-12H3. The van der Waals surface area contributed by atoms with Crippen LogP contribution in [0, 0.1) is 0 Å². The molecular weight excluding hydrogens is 552 g/mol. The van der Waals surface area contributed by atoms with Crippen LogP contribution in [0.15, 0.2) is 41.0 Å². The molecule has 3 heteroatoms. The Morgan fingerprint density at radius 3 is 1.56 bits per heavy atom. The highest BCUT2D eigenvalue weighted by molar-refractivity contribution is 5.86. The van der Waals surface area contributed by atoms with Crippen molar-refractivity contribution in [3.8, 4) is 11.5 Å². The Hall–Kier alpha value is -3.20. The van der Waals surface area contributed by atoms with E-state index < -0.39 is 0 Å².